The Morgan fingerprint density at radius 1 is 0.368 bits per heavy atom. The van der Waals surface area contributed by atoms with Crippen LogP contribution < -0.4 is 67.3 Å². The van der Waals surface area contributed by atoms with Crippen molar-refractivity contribution in [2.75, 3.05) is 50.2 Å². The summed E-state index contributed by atoms with van der Waals surface area (Å²) in [5.41, 5.74) is 21.4. The molecule has 0 radical (unpaired) electrons. The lowest BCUT2D eigenvalue weighted by molar-refractivity contribution is -0.165. The smallest absolute Gasteiger partial charge is 0.356 e. The van der Waals surface area contributed by atoms with Gasteiger partial charge in [-0.15, -0.1) is 0 Å². The van der Waals surface area contributed by atoms with Crippen molar-refractivity contribution in [1.82, 2.24) is 13.7 Å². The van der Waals surface area contributed by atoms with Crippen LogP contribution in [0.3, 0.4) is 0 Å². The molecule has 117 heavy (non-hydrogen) atoms. The molecule has 0 saturated carbocycles. The number of esters is 3. The lowest BCUT2D eigenvalue weighted by Gasteiger charge is -2.27. The number of aryl methyl sites for hydroxylation is 3. The van der Waals surface area contributed by atoms with Crippen molar-refractivity contribution < 1.29 is 66.6 Å². The monoisotopic (exact) mass is 1610 g/mol. The van der Waals surface area contributed by atoms with Crippen LogP contribution in [-0.4, -0.2) is 99.1 Å². The number of hydrogen-bond donors (Lipinski definition) is 3. The fourth-order valence-electron chi connectivity index (χ4n) is 16.1. The average molecular weight is 1620 g/mol. The summed E-state index contributed by atoms with van der Waals surface area (Å²) in [4.78, 5) is 115. The summed E-state index contributed by atoms with van der Waals surface area (Å²) in [6, 6.07) is 12.8. The second-order valence-electron chi connectivity index (χ2n) is 34.9. The van der Waals surface area contributed by atoms with Gasteiger partial charge in [-0.25, -0.2) is 14.4 Å². The maximum atomic E-state index is 13.2. The van der Waals surface area contributed by atoms with Gasteiger partial charge in [0.2, 0.25) is 27.5 Å². The number of fused-ring (bicyclic) bond motifs is 7. The maximum Gasteiger partial charge on any atom is 0.356 e. The summed E-state index contributed by atoms with van der Waals surface area (Å²) in [5, 5.41) is 2.53. The number of ether oxygens (including phenoxy) is 9. The highest BCUT2D eigenvalue weighted by Gasteiger charge is 2.44. The predicted octanol–water partition coefficient (Wildman–Crippen LogP) is 18.0. The molecular weight excluding hydrogens is 1490 g/mol. The van der Waals surface area contributed by atoms with E-state index in [0.717, 1.165) is 192 Å². The van der Waals surface area contributed by atoms with Crippen LogP contribution in [0.5, 0.6) is 34.5 Å². The van der Waals surface area contributed by atoms with Crippen LogP contribution in [0.2, 0.25) is 0 Å². The van der Waals surface area contributed by atoms with Crippen molar-refractivity contribution in [3.63, 3.8) is 0 Å². The van der Waals surface area contributed by atoms with E-state index in [2.05, 4.69) is 13.7 Å². The Labute approximate surface area is 686 Å². The number of Topliss-reactive ketones (excluding diaryl/α,β-unsaturated/α-hetero) is 2. The van der Waals surface area contributed by atoms with Crippen LogP contribution >= 0.6 is 0 Å². The van der Waals surface area contributed by atoms with Crippen LogP contribution in [0.1, 0.15) is 282 Å². The molecule has 1 unspecified atom stereocenters. The number of rotatable bonds is 49. The lowest BCUT2D eigenvalue weighted by atomic mass is 9.97. The highest BCUT2D eigenvalue weighted by molar-refractivity contribution is 6.50. The minimum Gasteiger partial charge on any atom is -0.493 e. The number of carbonyl (C=O) groups is 5. The summed E-state index contributed by atoms with van der Waals surface area (Å²) in [5.74, 6) is -1.08. The molecule has 24 heteroatoms. The predicted molar refractivity (Wildman–Crippen MR) is 462 cm³/mol. The van der Waals surface area contributed by atoms with E-state index in [-0.39, 0.29) is 44.4 Å². The number of ketones is 2. The highest BCUT2D eigenvalue weighted by Crippen LogP contribution is 2.45. The zero-order valence-corrected chi connectivity index (χ0v) is 71.4. The Bertz CT molecular complexity index is 4930. The number of aromatic nitrogens is 3. The van der Waals surface area contributed by atoms with Gasteiger partial charge in [0.15, 0.2) is 13.2 Å². The molecule has 0 spiro atoms. The van der Waals surface area contributed by atoms with Crippen molar-refractivity contribution >= 4 is 101 Å². The molecule has 636 valence electrons. The minimum absolute atomic E-state index is 0.0970. The van der Waals surface area contributed by atoms with E-state index in [9.17, 15) is 43.2 Å². The van der Waals surface area contributed by atoms with Crippen LogP contribution in [-0.2, 0) is 53.0 Å². The summed E-state index contributed by atoms with van der Waals surface area (Å²) in [6.45, 7) is 24.5. The molecule has 0 bridgehead atoms. The van der Waals surface area contributed by atoms with Gasteiger partial charge >= 0.3 is 17.9 Å². The van der Waals surface area contributed by atoms with Gasteiger partial charge in [0.05, 0.1) is 85.9 Å². The Morgan fingerprint density at radius 3 is 1.01 bits per heavy atom. The van der Waals surface area contributed by atoms with E-state index < -0.39 is 87.3 Å². The molecule has 10 rings (SSSR count). The normalized spacial score (nSPS) is 13.4. The van der Waals surface area contributed by atoms with Gasteiger partial charge in [-0.2, -0.15) is 0 Å². The summed E-state index contributed by atoms with van der Waals surface area (Å²) >= 11 is 0. The molecule has 0 saturated heterocycles. The Kier molecular flexibility index (Phi) is 31.0. The molecule has 24 nitrogen and oxygen atoms in total. The molecule has 0 amide bonds. The molecule has 9 aromatic rings. The van der Waals surface area contributed by atoms with Gasteiger partial charge in [0.25, 0.3) is 11.9 Å². The maximum absolute atomic E-state index is 13.2. The average Bonchev–Trinajstić information content (AvgIpc) is 1.64. The molecule has 1 aliphatic rings. The molecule has 3 aromatic heterocycles. The summed E-state index contributed by atoms with van der Waals surface area (Å²) in [6.07, 6.45) is 31.0. The second-order valence-corrected chi connectivity index (χ2v) is 34.9. The van der Waals surface area contributed by atoms with Crippen molar-refractivity contribution in [2.24, 2.45) is 0 Å². The molecule has 0 aliphatic carbocycles. The molecule has 1 aliphatic heterocycles. The van der Waals surface area contributed by atoms with E-state index >= 15 is 0 Å². The third-order valence-corrected chi connectivity index (χ3v) is 22.1. The number of carbonyl (C=O) groups excluding carboxylic acids is 5. The number of unbranched alkanes of at least 4 members (excludes halogenated alkanes) is 27. The minimum atomic E-state index is -1.69. The molecule has 4 heterocycles. The first kappa shape index (κ1) is 89.5. The fraction of sp³-hybridized carbons (Fsp3) is 0.581. The number of benzene rings is 4. The van der Waals surface area contributed by atoms with E-state index in [1.54, 1.807) is 86.6 Å². The van der Waals surface area contributed by atoms with Gasteiger partial charge in [-0.3, -0.25) is 28.8 Å². The standard InChI is InChI=1S/C93H126N6O18/c1-58-77(94)74-67(44-43-64-80(102)85(107)89(114-86(64)74)90(108)117-93(10,11)12)97(58)45-37-31-25-19-13-16-22-28-34-40-48-109-61-51-62(110-49-41-35-29-23-17-14-20-26-32-38-46-98-59(2)78(95)75-68(98)54-65-72(83(105)81(65)103)87(75)112-56-70(100)115-91(4,5)6)53-63(52-61)111-50-42-36-30-24-18-15-21-27-33-39-47-99-60(3)79(96)76-69(99)55-66-73(84(106)82(66)104)88(76)113-57-71(101)116-92(7,8)9/h43-44,51-55,89H,13-42,45-50,56-57,94-96H2,1-12H3. The van der Waals surface area contributed by atoms with E-state index in [1.807, 2.05) is 39.0 Å². The molecule has 0 fully saturated rings. The fourth-order valence-corrected chi connectivity index (χ4v) is 16.1. The first-order valence-electron chi connectivity index (χ1n) is 43.0. The zero-order valence-electron chi connectivity index (χ0n) is 71.4. The number of hydrogen-bond acceptors (Lipinski definition) is 21. The zero-order chi connectivity index (χ0) is 84.5. The van der Waals surface area contributed by atoms with Crippen LogP contribution in [0.4, 0.5) is 17.1 Å². The van der Waals surface area contributed by atoms with E-state index in [1.165, 1.54) is 57.8 Å². The van der Waals surface area contributed by atoms with E-state index in [4.69, 9.17) is 59.8 Å². The van der Waals surface area contributed by atoms with Crippen molar-refractivity contribution in [3.05, 3.63) is 106 Å². The summed E-state index contributed by atoms with van der Waals surface area (Å²) < 4.78 is 59.6. The Hall–Kier alpha value is -9.87. The lowest BCUT2D eigenvalue weighted by Crippen LogP contribution is -2.46. The van der Waals surface area contributed by atoms with Gasteiger partial charge in [-0.05, 0) is 146 Å². The van der Waals surface area contributed by atoms with Crippen molar-refractivity contribution in [2.45, 2.75) is 318 Å². The molecule has 1 atom stereocenters. The molecule has 6 aromatic carbocycles. The van der Waals surface area contributed by atoms with Crippen molar-refractivity contribution in [1.29, 1.82) is 0 Å². The number of nitrogen functional groups attached to an aromatic ring is 3. The topological polar surface area (TPSA) is 330 Å². The third-order valence-electron chi connectivity index (χ3n) is 22.1. The van der Waals surface area contributed by atoms with E-state index in [0.29, 0.717) is 66.1 Å². The first-order valence-corrected chi connectivity index (χ1v) is 43.0. The van der Waals surface area contributed by atoms with Gasteiger partial charge < -0.3 is 73.5 Å². The Morgan fingerprint density at radius 2 is 0.675 bits per heavy atom. The largest absolute Gasteiger partial charge is 0.493 e. The van der Waals surface area contributed by atoms with Gasteiger partial charge in [0.1, 0.15) is 51.3 Å². The van der Waals surface area contributed by atoms with Crippen LogP contribution in [0.15, 0.2) is 61.6 Å². The number of anilines is 3. The van der Waals surface area contributed by atoms with Crippen molar-refractivity contribution in [3.8, 4) is 34.5 Å². The summed E-state index contributed by atoms with van der Waals surface area (Å²) in [7, 11) is 0. The van der Waals surface area contributed by atoms with Gasteiger partial charge in [0, 0.05) is 65.7 Å². The second kappa shape index (κ2) is 40.5. The van der Waals surface area contributed by atoms with Crippen LogP contribution in [0.25, 0.3) is 54.3 Å². The van der Waals surface area contributed by atoms with Gasteiger partial charge in [-0.1, -0.05) is 154 Å². The quantitative estimate of drug-likeness (QED) is 0.0105. The SMILES string of the molecule is Cc1c(N)c2c3c(ccc2n1CCCCCCCCCCCCOc1cc(OCCCCCCCCCCCCn2c(C)c(N)c4c(OCC(=O)OC(C)(C)C)c5c(=O)c(=O)c5cc42)cc(OCCCCCCCCCCCCn2c(C)c(N)c4c(OCC(=O)OC(C)(C)C)c5c(=O)c(=O)c5cc42)c1)C(=O)C(=O)C(C(=O)OC(C)(C)C)O3. The third kappa shape index (κ3) is 22.9. The molecule has 6 N–H and O–H groups in total. The first-order chi connectivity index (χ1) is 55.7. The number of nitrogens with zero attached hydrogens (tertiary/aromatic N) is 3. The van der Waals surface area contributed by atoms with Crippen LogP contribution in [0, 0.1) is 20.8 Å². The highest BCUT2D eigenvalue weighted by atomic mass is 16.6. The Balaban J connectivity index is 0.616. The number of nitrogens with two attached hydrogens (primary N) is 3. The molecular formula is C93H126N6O18.